The standard InChI is InChI=1S/C36H52O11/c1-6-7-19-35(47-34(44)17-16-32(40)41)21-22-36(46-30(35)14-10-25(3)23-33(42)43)20-18-27(5)29(45-36)13-9-24(2)8-12-28(37)26(4)11-15-31(38)39/h8-12,14-15,23,26-30,37H,6-7,13,16-22H2,1-5H3,(H,38,39)(H,40,41)(H,42,43)/b12-8+,14-10+,15-11+,24-9+,25-23+/t26-,27-,28+,29+,30-,35+,36-/m0/s1. The van der Waals surface area contributed by atoms with Crippen LogP contribution in [0.15, 0.2) is 59.8 Å². The molecule has 0 amide bonds. The molecule has 0 bridgehead atoms. The van der Waals surface area contributed by atoms with Crippen LogP contribution in [0.3, 0.4) is 0 Å². The highest BCUT2D eigenvalue weighted by Crippen LogP contribution is 2.48. The maximum Gasteiger partial charge on any atom is 0.328 e. The molecule has 47 heavy (non-hydrogen) atoms. The highest BCUT2D eigenvalue weighted by atomic mass is 16.7. The number of unbranched alkanes of at least 4 members (excludes halogenated alkanes) is 1. The summed E-state index contributed by atoms with van der Waals surface area (Å²) in [7, 11) is 0. The van der Waals surface area contributed by atoms with Crippen molar-refractivity contribution in [3.05, 3.63) is 59.8 Å². The molecule has 0 unspecified atom stereocenters. The highest BCUT2D eigenvalue weighted by Gasteiger charge is 2.54. The van der Waals surface area contributed by atoms with Crippen LogP contribution in [0.4, 0.5) is 0 Å². The molecule has 0 aromatic rings. The average molecular weight is 661 g/mol. The minimum absolute atomic E-state index is 0.186. The van der Waals surface area contributed by atoms with Gasteiger partial charge in [-0.25, -0.2) is 9.59 Å². The van der Waals surface area contributed by atoms with Gasteiger partial charge in [0.15, 0.2) is 5.79 Å². The number of carbonyl (C=O) groups excluding carboxylic acids is 1. The number of aliphatic hydroxyl groups excluding tert-OH is 1. The van der Waals surface area contributed by atoms with Gasteiger partial charge in [-0.2, -0.15) is 0 Å². The van der Waals surface area contributed by atoms with Crippen molar-refractivity contribution in [2.75, 3.05) is 0 Å². The Labute approximate surface area is 277 Å². The highest BCUT2D eigenvalue weighted by molar-refractivity contribution is 5.81. The van der Waals surface area contributed by atoms with E-state index in [4.69, 9.17) is 24.4 Å². The average Bonchev–Trinajstić information content (AvgIpc) is 3.01. The fourth-order valence-corrected chi connectivity index (χ4v) is 5.81. The van der Waals surface area contributed by atoms with Crippen molar-refractivity contribution in [1.82, 2.24) is 0 Å². The summed E-state index contributed by atoms with van der Waals surface area (Å²) in [6, 6.07) is 0. The number of aliphatic hydroxyl groups is 1. The molecule has 0 aromatic heterocycles. The topological polar surface area (TPSA) is 177 Å². The summed E-state index contributed by atoms with van der Waals surface area (Å²) in [6.07, 6.45) is 14.9. The zero-order valence-corrected chi connectivity index (χ0v) is 28.2. The largest absolute Gasteiger partial charge is 0.481 e. The van der Waals surface area contributed by atoms with E-state index in [9.17, 15) is 29.4 Å². The molecule has 0 saturated carbocycles. The lowest BCUT2D eigenvalue weighted by Gasteiger charge is -2.53. The summed E-state index contributed by atoms with van der Waals surface area (Å²) >= 11 is 0. The number of carboxylic acid groups (broad SMARTS) is 3. The van der Waals surface area contributed by atoms with Crippen LogP contribution in [0.2, 0.25) is 0 Å². The molecule has 262 valence electrons. The van der Waals surface area contributed by atoms with E-state index in [1.165, 1.54) is 6.08 Å². The van der Waals surface area contributed by atoms with E-state index in [-0.39, 0.29) is 30.8 Å². The first-order valence-corrected chi connectivity index (χ1v) is 16.4. The third-order valence-electron chi connectivity index (χ3n) is 8.78. The summed E-state index contributed by atoms with van der Waals surface area (Å²) in [6.45, 7) is 9.44. The molecule has 0 aliphatic carbocycles. The van der Waals surface area contributed by atoms with Gasteiger partial charge in [0, 0.05) is 30.9 Å². The molecule has 7 atom stereocenters. The van der Waals surface area contributed by atoms with Gasteiger partial charge >= 0.3 is 23.9 Å². The van der Waals surface area contributed by atoms with Crippen LogP contribution in [0.5, 0.6) is 0 Å². The van der Waals surface area contributed by atoms with E-state index < -0.39 is 47.5 Å². The van der Waals surface area contributed by atoms with Crippen molar-refractivity contribution in [1.29, 1.82) is 0 Å². The summed E-state index contributed by atoms with van der Waals surface area (Å²) in [5, 5.41) is 37.5. The molecule has 2 heterocycles. The third kappa shape index (κ3) is 13.2. The fourth-order valence-electron chi connectivity index (χ4n) is 5.81. The Morgan fingerprint density at radius 2 is 1.66 bits per heavy atom. The Kier molecular flexibility index (Phi) is 15.8. The number of ether oxygens (including phenoxy) is 3. The van der Waals surface area contributed by atoms with E-state index in [2.05, 4.69) is 6.92 Å². The molecule has 2 rings (SSSR count). The number of rotatable bonds is 17. The molecule has 0 radical (unpaired) electrons. The summed E-state index contributed by atoms with van der Waals surface area (Å²) in [4.78, 5) is 46.0. The Balaban J connectivity index is 2.31. The van der Waals surface area contributed by atoms with Crippen molar-refractivity contribution in [2.24, 2.45) is 11.8 Å². The summed E-state index contributed by atoms with van der Waals surface area (Å²) in [5.41, 5.74) is 0.314. The van der Waals surface area contributed by atoms with Crippen LogP contribution >= 0.6 is 0 Å². The van der Waals surface area contributed by atoms with Crippen molar-refractivity contribution >= 4 is 23.9 Å². The first-order chi connectivity index (χ1) is 22.1. The second-order valence-electron chi connectivity index (χ2n) is 12.8. The monoisotopic (exact) mass is 660 g/mol. The first-order valence-electron chi connectivity index (χ1n) is 16.4. The number of esters is 1. The van der Waals surface area contributed by atoms with Crippen LogP contribution in [0, 0.1) is 11.8 Å². The molecule has 2 aliphatic rings. The minimum atomic E-state index is -1.09. The molecular formula is C36H52O11. The number of carbonyl (C=O) groups is 4. The molecule has 11 nitrogen and oxygen atoms in total. The molecule has 4 N–H and O–H groups in total. The maximum atomic E-state index is 12.9. The van der Waals surface area contributed by atoms with Gasteiger partial charge in [0.25, 0.3) is 0 Å². The SMILES string of the molecule is CCCC[C@@]1(OC(=O)CCC(=O)O)CC[C@]2(CC[C@H](C)[C@@H](C/C=C(C)/C=C/[C@@H](O)[C@@H](C)/C=C/C(=O)O)O2)O[C@H]1/C=C/C(C)=C/C(=O)O. The normalized spacial score (nSPS) is 28.6. The first kappa shape index (κ1) is 39.6. The lowest BCUT2D eigenvalue weighted by atomic mass is 9.78. The zero-order chi connectivity index (χ0) is 35.2. The Morgan fingerprint density at radius 3 is 2.30 bits per heavy atom. The van der Waals surface area contributed by atoms with Gasteiger partial charge in [0.05, 0.1) is 25.0 Å². The molecule has 2 saturated heterocycles. The van der Waals surface area contributed by atoms with Gasteiger partial charge in [-0.1, -0.05) is 69.2 Å². The van der Waals surface area contributed by atoms with Crippen molar-refractivity contribution in [3.63, 3.8) is 0 Å². The minimum Gasteiger partial charge on any atom is -0.481 e. The van der Waals surface area contributed by atoms with E-state index >= 15 is 0 Å². The second kappa shape index (κ2) is 18.7. The van der Waals surface area contributed by atoms with Crippen LogP contribution in [-0.2, 0) is 33.4 Å². The van der Waals surface area contributed by atoms with Crippen LogP contribution in [0.25, 0.3) is 0 Å². The van der Waals surface area contributed by atoms with Gasteiger partial charge in [-0.3, -0.25) is 9.59 Å². The maximum absolute atomic E-state index is 12.9. The Bertz CT molecular complexity index is 1250. The quantitative estimate of drug-likeness (QED) is 0.0802. The van der Waals surface area contributed by atoms with Crippen molar-refractivity contribution < 1.29 is 53.8 Å². The van der Waals surface area contributed by atoms with Crippen molar-refractivity contribution in [2.45, 2.75) is 129 Å². The van der Waals surface area contributed by atoms with Crippen LogP contribution in [0.1, 0.15) is 98.8 Å². The number of hydrogen-bond donors (Lipinski definition) is 4. The number of allylic oxidation sites excluding steroid dienone is 4. The molecule has 1 spiro atoms. The lowest BCUT2D eigenvalue weighted by Crippen LogP contribution is -2.59. The molecule has 11 heteroatoms. The molecule has 2 aliphatic heterocycles. The second-order valence-corrected chi connectivity index (χ2v) is 12.8. The van der Waals surface area contributed by atoms with Gasteiger partial charge in [-0.05, 0) is 57.4 Å². The van der Waals surface area contributed by atoms with Gasteiger partial charge in [0.2, 0.25) is 0 Å². The summed E-state index contributed by atoms with van der Waals surface area (Å²) in [5.74, 6) is -4.98. The smallest absolute Gasteiger partial charge is 0.328 e. The zero-order valence-electron chi connectivity index (χ0n) is 28.2. The van der Waals surface area contributed by atoms with E-state index in [1.54, 1.807) is 38.2 Å². The lowest BCUT2D eigenvalue weighted by molar-refractivity contribution is -0.344. The molecule has 2 fully saturated rings. The van der Waals surface area contributed by atoms with E-state index in [0.717, 1.165) is 37.0 Å². The Morgan fingerprint density at radius 1 is 0.936 bits per heavy atom. The summed E-state index contributed by atoms with van der Waals surface area (Å²) < 4.78 is 19.5. The number of hydrogen-bond acceptors (Lipinski definition) is 8. The van der Waals surface area contributed by atoms with Crippen LogP contribution < -0.4 is 0 Å². The van der Waals surface area contributed by atoms with E-state index in [1.807, 2.05) is 19.9 Å². The van der Waals surface area contributed by atoms with Crippen molar-refractivity contribution in [3.8, 4) is 0 Å². The van der Waals surface area contributed by atoms with Gasteiger partial charge in [0.1, 0.15) is 11.7 Å². The third-order valence-corrected chi connectivity index (χ3v) is 8.78. The fraction of sp³-hybridized carbons (Fsp3) is 0.611. The number of aliphatic carboxylic acids is 3. The van der Waals surface area contributed by atoms with Gasteiger partial charge in [-0.15, -0.1) is 0 Å². The van der Waals surface area contributed by atoms with Gasteiger partial charge < -0.3 is 34.6 Å². The van der Waals surface area contributed by atoms with E-state index in [0.29, 0.717) is 37.7 Å². The predicted octanol–water partition coefficient (Wildman–Crippen LogP) is 6.13. The predicted molar refractivity (Wildman–Crippen MR) is 175 cm³/mol. The Hall–Kier alpha value is -3.54. The van der Waals surface area contributed by atoms with Crippen LogP contribution in [-0.4, -0.2) is 74.0 Å². The number of carboxylic acids is 3. The molecular weight excluding hydrogens is 608 g/mol. The molecule has 0 aromatic carbocycles.